The summed E-state index contributed by atoms with van der Waals surface area (Å²) in [4.78, 5) is 16.8. The fraction of sp³-hybridized carbons (Fsp3) is 0.833. The number of rotatable bonds is 5. The first-order valence-electron chi connectivity index (χ1n) is 9.69. The maximum Gasteiger partial charge on any atom is 0.225 e. The average Bonchev–Trinajstić information content (AvgIpc) is 3.19. The molecule has 0 aromatic carbocycles. The van der Waals surface area contributed by atoms with E-state index in [1.54, 1.807) is 0 Å². The molecule has 1 aliphatic carbocycles. The van der Waals surface area contributed by atoms with E-state index >= 15 is 0 Å². The normalized spacial score (nSPS) is 23.1. The molecule has 1 amide bonds. The summed E-state index contributed by atoms with van der Waals surface area (Å²) in [6, 6.07) is 0. The molecule has 1 saturated carbocycles. The van der Waals surface area contributed by atoms with E-state index in [0.717, 1.165) is 63.5 Å². The van der Waals surface area contributed by atoms with Crippen molar-refractivity contribution in [3.63, 3.8) is 0 Å². The molecule has 0 spiro atoms. The monoisotopic (exact) mass is 331 g/mol. The Bertz CT molecular complexity index is 580. The van der Waals surface area contributed by atoms with Gasteiger partial charge in [-0.2, -0.15) is 0 Å². The van der Waals surface area contributed by atoms with E-state index in [0.29, 0.717) is 17.7 Å². The minimum absolute atomic E-state index is 0.341. The van der Waals surface area contributed by atoms with Crippen molar-refractivity contribution in [2.24, 2.45) is 5.92 Å². The summed E-state index contributed by atoms with van der Waals surface area (Å²) < 4.78 is 2.32. The number of piperidine rings is 1. The first-order valence-corrected chi connectivity index (χ1v) is 9.69. The molecule has 0 N–H and O–H groups in total. The minimum Gasteiger partial charge on any atom is -0.342 e. The SMILES string of the molecule is CCn1c(CN2CCCC2)nnc1C1CCN(C(=O)C2CC2)CC1. The summed E-state index contributed by atoms with van der Waals surface area (Å²) >= 11 is 0. The van der Waals surface area contributed by atoms with Crippen molar-refractivity contribution < 1.29 is 4.79 Å². The van der Waals surface area contributed by atoms with Gasteiger partial charge in [-0.3, -0.25) is 9.69 Å². The fourth-order valence-corrected chi connectivity index (χ4v) is 4.20. The Hall–Kier alpha value is -1.43. The van der Waals surface area contributed by atoms with E-state index in [2.05, 4.69) is 31.5 Å². The molecule has 4 rings (SSSR count). The predicted molar refractivity (Wildman–Crippen MR) is 91.5 cm³/mol. The number of carbonyl (C=O) groups excluding carboxylic acids is 1. The highest BCUT2D eigenvalue weighted by Crippen LogP contribution is 2.34. The number of hydrogen-bond donors (Lipinski definition) is 0. The molecule has 6 heteroatoms. The molecule has 24 heavy (non-hydrogen) atoms. The van der Waals surface area contributed by atoms with Gasteiger partial charge in [-0.25, -0.2) is 0 Å². The molecular weight excluding hydrogens is 302 g/mol. The molecule has 6 nitrogen and oxygen atoms in total. The van der Waals surface area contributed by atoms with Crippen LogP contribution in [0.3, 0.4) is 0 Å². The van der Waals surface area contributed by atoms with E-state index in [4.69, 9.17) is 0 Å². The Morgan fingerprint density at radius 1 is 1.04 bits per heavy atom. The van der Waals surface area contributed by atoms with E-state index in [-0.39, 0.29) is 0 Å². The lowest BCUT2D eigenvalue weighted by Gasteiger charge is -2.32. The van der Waals surface area contributed by atoms with Crippen molar-refractivity contribution in [1.29, 1.82) is 0 Å². The molecule has 2 aliphatic heterocycles. The number of nitrogens with zero attached hydrogens (tertiary/aromatic N) is 5. The molecule has 0 atom stereocenters. The van der Waals surface area contributed by atoms with Crippen LogP contribution in [0.1, 0.15) is 63.0 Å². The van der Waals surface area contributed by atoms with E-state index in [1.165, 1.54) is 25.9 Å². The standard InChI is InChI=1S/C18H29N5O/c1-2-23-16(13-21-9-3-4-10-21)19-20-17(23)14-7-11-22(12-8-14)18(24)15-5-6-15/h14-15H,2-13H2,1H3. The van der Waals surface area contributed by atoms with Gasteiger partial charge in [0.1, 0.15) is 11.6 Å². The minimum atomic E-state index is 0.341. The molecule has 132 valence electrons. The van der Waals surface area contributed by atoms with Crippen LogP contribution in [0, 0.1) is 5.92 Å². The number of likely N-dealkylation sites (tertiary alicyclic amines) is 2. The van der Waals surface area contributed by atoms with Crippen molar-refractivity contribution >= 4 is 5.91 Å². The van der Waals surface area contributed by atoms with Crippen molar-refractivity contribution in [1.82, 2.24) is 24.6 Å². The van der Waals surface area contributed by atoms with Crippen molar-refractivity contribution in [3.8, 4) is 0 Å². The third-order valence-electron chi connectivity index (χ3n) is 5.83. The molecule has 1 aromatic heterocycles. The van der Waals surface area contributed by atoms with Crippen LogP contribution in [0.4, 0.5) is 0 Å². The molecule has 3 fully saturated rings. The van der Waals surface area contributed by atoms with Crippen LogP contribution in [0.25, 0.3) is 0 Å². The number of amides is 1. The molecule has 3 aliphatic rings. The first-order chi connectivity index (χ1) is 11.8. The van der Waals surface area contributed by atoms with Crippen LogP contribution in [0.15, 0.2) is 0 Å². The quantitative estimate of drug-likeness (QED) is 0.828. The van der Waals surface area contributed by atoms with Crippen LogP contribution in [-0.2, 0) is 17.9 Å². The Kier molecular flexibility index (Phi) is 4.57. The van der Waals surface area contributed by atoms with Crippen molar-refractivity contribution in [3.05, 3.63) is 11.6 Å². The third kappa shape index (κ3) is 3.21. The highest BCUT2D eigenvalue weighted by Gasteiger charge is 2.36. The first kappa shape index (κ1) is 16.1. The molecule has 3 heterocycles. The fourth-order valence-electron chi connectivity index (χ4n) is 4.20. The van der Waals surface area contributed by atoms with Gasteiger partial charge in [0, 0.05) is 31.5 Å². The summed E-state index contributed by atoms with van der Waals surface area (Å²) in [6.07, 6.45) is 6.87. The Balaban J connectivity index is 1.40. The van der Waals surface area contributed by atoms with Crippen LogP contribution in [-0.4, -0.2) is 56.7 Å². The van der Waals surface area contributed by atoms with Gasteiger partial charge in [0.2, 0.25) is 5.91 Å². The largest absolute Gasteiger partial charge is 0.342 e. The Labute approximate surface area is 144 Å². The topological polar surface area (TPSA) is 54.3 Å². The summed E-state index contributed by atoms with van der Waals surface area (Å²) in [5.41, 5.74) is 0. The van der Waals surface area contributed by atoms with Gasteiger partial charge in [-0.15, -0.1) is 10.2 Å². The number of aromatic nitrogens is 3. The second-order valence-electron chi connectivity index (χ2n) is 7.58. The lowest BCUT2D eigenvalue weighted by molar-refractivity contribution is -0.133. The summed E-state index contributed by atoms with van der Waals surface area (Å²) in [5, 5.41) is 9.06. The summed E-state index contributed by atoms with van der Waals surface area (Å²) in [5.74, 6) is 3.44. The zero-order valence-corrected chi connectivity index (χ0v) is 14.8. The van der Waals surface area contributed by atoms with E-state index in [1.807, 2.05) is 0 Å². The molecule has 1 aromatic rings. The van der Waals surface area contributed by atoms with Gasteiger partial charge in [-0.05, 0) is 58.5 Å². The molecule has 0 bridgehead atoms. The average molecular weight is 331 g/mol. The van der Waals surface area contributed by atoms with Gasteiger partial charge in [-0.1, -0.05) is 0 Å². The number of hydrogen-bond acceptors (Lipinski definition) is 4. The van der Waals surface area contributed by atoms with Crippen LogP contribution < -0.4 is 0 Å². The van der Waals surface area contributed by atoms with Gasteiger partial charge in [0.05, 0.1) is 6.54 Å². The third-order valence-corrected chi connectivity index (χ3v) is 5.83. The van der Waals surface area contributed by atoms with Gasteiger partial charge < -0.3 is 9.47 Å². The maximum absolute atomic E-state index is 12.2. The lowest BCUT2D eigenvalue weighted by Crippen LogP contribution is -2.39. The Morgan fingerprint density at radius 2 is 1.75 bits per heavy atom. The van der Waals surface area contributed by atoms with Crippen molar-refractivity contribution in [2.45, 2.75) is 64.5 Å². The van der Waals surface area contributed by atoms with E-state index in [9.17, 15) is 4.79 Å². The molecular formula is C18H29N5O. The highest BCUT2D eigenvalue weighted by atomic mass is 16.2. The highest BCUT2D eigenvalue weighted by molar-refractivity contribution is 5.81. The molecule has 0 unspecified atom stereocenters. The van der Waals surface area contributed by atoms with Gasteiger partial charge >= 0.3 is 0 Å². The Morgan fingerprint density at radius 3 is 2.38 bits per heavy atom. The van der Waals surface area contributed by atoms with Crippen LogP contribution >= 0.6 is 0 Å². The zero-order chi connectivity index (χ0) is 16.5. The van der Waals surface area contributed by atoms with Crippen LogP contribution in [0.2, 0.25) is 0 Å². The lowest BCUT2D eigenvalue weighted by atomic mass is 9.95. The molecule has 0 radical (unpaired) electrons. The summed E-state index contributed by atoms with van der Waals surface area (Å²) in [7, 11) is 0. The smallest absolute Gasteiger partial charge is 0.225 e. The predicted octanol–water partition coefficient (Wildman–Crippen LogP) is 2.01. The van der Waals surface area contributed by atoms with Crippen LogP contribution in [0.5, 0.6) is 0 Å². The van der Waals surface area contributed by atoms with E-state index < -0.39 is 0 Å². The maximum atomic E-state index is 12.2. The van der Waals surface area contributed by atoms with Gasteiger partial charge in [0.25, 0.3) is 0 Å². The zero-order valence-electron chi connectivity index (χ0n) is 14.8. The van der Waals surface area contributed by atoms with Crippen molar-refractivity contribution in [2.75, 3.05) is 26.2 Å². The summed E-state index contributed by atoms with van der Waals surface area (Å²) in [6.45, 7) is 8.20. The molecule has 2 saturated heterocycles. The number of carbonyl (C=O) groups is 1. The second kappa shape index (κ2) is 6.82. The second-order valence-corrected chi connectivity index (χ2v) is 7.58. The van der Waals surface area contributed by atoms with Gasteiger partial charge in [0.15, 0.2) is 0 Å².